The topological polar surface area (TPSA) is 132 Å². The van der Waals surface area contributed by atoms with Crippen molar-refractivity contribution in [3.63, 3.8) is 0 Å². The number of fused-ring (bicyclic) bond motifs is 7. The molecule has 0 bridgehead atoms. The van der Waals surface area contributed by atoms with Crippen molar-refractivity contribution < 1.29 is 41.8 Å². The van der Waals surface area contributed by atoms with Crippen LogP contribution in [0, 0.1) is 17.0 Å². The average Bonchev–Trinajstić information content (AvgIpc) is 3.56. The van der Waals surface area contributed by atoms with Crippen LogP contribution in [0.3, 0.4) is 0 Å². The molecule has 1 amide bonds. The van der Waals surface area contributed by atoms with Gasteiger partial charge in [-0.15, -0.1) is 0 Å². The van der Waals surface area contributed by atoms with Crippen LogP contribution >= 0.6 is 19.4 Å². The summed E-state index contributed by atoms with van der Waals surface area (Å²) in [6.07, 6.45) is 0.642. The van der Waals surface area contributed by atoms with Gasteiger partial charge >= 0.3 is 304 Å². The Kier molecular flexibility index (Phi) is 9.47. The molecule has 0 radical (unpaired) electrons. The average molecular weight is 757 g/mol. The zero-order valence-electron chi connectivity index (χ0n) is 29.1. The van der Waals surface area contributed by atoms with E-state index in [4.69, 9.17) is 18.5 Å². The number of nitrogens with zero attached hydrogens (tertiary/aromatic N) is 3. The quantitative estimate of drug-likeness (QED) is 0.179. The van der Waals surface area contributed by atoms with Crippen molar-refractivity contribution in [2.45, 2.75) is 45.9 Å². The van der Waals surface area contributed by atoms with E-state index in [9.17, 15) is 19.3 Å². The summed E-state index contributed by atoms with van der Waals surface area (Å²) in [6.45, 7) is 7.16. The van der Waals surface area contributed by atoms with E-state index in [1.165, 1.54) is 46.4 Å². The summed E-state index contributed by atoms with van der Waals surface area (Å²) in [5, 5.41) is 6.43. The maximum atomic E-state index is 16.1. The second kappa shape index (κ2) is 13.6. The van der Waals surface area contributed by atoms with E-state index in [2.05, 4.69) is 5.09 Å². The van der Waals surface area contributed by atoms with Gasteiger partial charge in [0.15, 0.2) is 0 Å². The van der Waals surface area contributed by atoms with Crippen molar-refractivity contribution in [3.8, 4) is 27.3 Å². The Balaban J connectivity index is 1.46. The fourth-order valence-corrected chi connectivity index (χ4v) is 10.1. The standard InChI is InChI=1S/C36H39F2N4O8PS/c1-6-49-51(46,39-33(35(45)47-5)36(2,3)4)50-31-25(43)13-15-41-30(31)34(44)40-16-17-48-19-26(40)42(41)29-20-9-7-8-10-21(20)32-23(14-18-52-32)27-22(29)11-12-24(37)28(27)38/h7-15,18,26,29,33,39,46,51H,6,16-17,19H2,1-5H3/t26?,29?,33-/m0/s1. The molecular formula is C36H39F2N4O8PS. The molecule has 3 aliphatic rings. The summed E-state index contributed by atoms with van der Waals surface area (Å²) >= 11 is 1.40. The van der Waals surface area contributed by atoms with E-state index in [1.54, 1.807) is 38.8 Å². The number of ether oxygens (including phenoxy) is 2. The summed E-state index contributed by atoms with van der Waals surface area (Å²) in [7, 11) is -3.50. The summed E-state index contributed by atoms with van der Waals surface area (Å²) in [5.41, 5.74) is 0.772. The van der Waals surface area contributed by atoms with Gasteiger partial charge in [0.1, 0.15) is 0 Å². The number of hydrogen-bond acceptors (Lipinski definition) is 11. The molecule has 4 aromatic rings. The van der Waals surface area contributed by atoms with E-state index in [1.807, 2.05) is 29.6 Å². The Morgan fingerprint density at radius 1 is 1.12 bits per heavy atom. The number of amides is 1. The van der Waals surface area contributed by atoms with Gasteiger partial charge in [0.2, 0.25) is 0 Å². The molecule has 12 nitrogen and oxygen atoms in total. The molecule has 2 aromatic heterocycles. The van der Waals surface area contributed by atoms with Crippen LogP contribution in [0.2, 0.25) is 0 Å². The monoisotopic (exact) mass is 756 g/mol. The summed E-state index contributed by atoms with van der Waals surface area (Å²) in [6, 6.07) is 11.1. The molecule has 2 N–H and O–H groups in total. The molecule has 7 rings (SSSR count). The third-order valence-corrected chi connectivity index (χ3v) is 12.2. The van der Waals surface area contributed by atoms with E-state index >= 15 is 8.78 Å². The maximum absolute atomic E-state index is 16.1. The van der Waals surface area contributed by atoms with Crippen LogP contribution in [0.1, 0.15) is 55.4 Å². The summed E-state index contributed by atoms with van der Waals surface area (Å²) in [4.78, 5) is 55.4. The number of hydrogen-bond donors (Lipinski definition) is 2. The second-order valence-corrected chi connectivity index (χ2v) is 16.6. The molecule has 0 spiro atoms. The minimum atomic E-state index is -4.71. The molecule has 0 saturated carbocycles. The molecule has 2 aromatic carbocycles. The van der Waals surface area contributed by atoms with Gasteiger partial charge in [-0.2, -0.15) is 0 Å². The number of benzene rings is 2. The summed E-state index contributed by atoms with van der Waals surface area (Å²) < 4.78 is 55.4. The number of aromatic nitrogens is 1. The number of thiophene rings is 1. The van der Waals surface area contributed by atoms with Gasteiger partial charge in [0.25, 0.3) is 0 Å². The molecular weight excluding hydrogens is 717 g/mol. The van der Waals surface area contributed by atoms with Crippen LogP contribution in [0.5, 0.6) is 5.75 Å². The Hall–Kier alpha value is -4.24. The van der Waals surface area contributed by atoms with Crippen LogP contribution < -0.4 is 20.0 Å². The molecule has 3 atom stereocenters. The molecule has 4 heterocycles. The van der Waals surface area contributed by atoms with Gasteiger partial charge in [-0.1, -0.05) is 0 Å². The van der Waals surface area contributed by atoms with Crippen LogP contribution in [0.4, 0.5) is 8.78 Å². The van der Waals surface area contributed by atoms with Crippen LogP contribution in [0.15, 0.2) is 64.9 Å². The third kappa shape index (κ3) is 5.99. The molecule has 1 aliphatic carbocycles. The van der Waals surface area contributed by atoms with Crippen molar-refractivity contribution in [1.82, 2.24) is 14.7 Å². The predicted molar refractivity (Wildman–Crippen MR) is 193 cm³/mol. The van der Waals surface area contributed by atoms with Crippen molar-refractivity contribution in [1.29, 1.82) is 0 Å². The van der Waals surface area contributed by atoms with E-state index in [0.29, 0.717) is 11.1 Å². The first kappa shape index (κ1) is 36.1. The van der Waals surface area contributed by atoms with Crippen LogP contribution in [0.25, 0.3) is 21.6 Å². The minimum absolute atomic E-state index is 0.0541. The van der Waals surface area contributed by atoms with Crippen LogP contribution in [-0.2, 0) is 18.8 Å². The summed E-state index contributed by atoms with van der Waals surface area (Å²) in [5.74, 6) is -3.82. The first-order chi connectivity index (χ1) is 24.8. The second-order valence-electron chi connectivity index (χ2n) is 13.7. The van der Waals surface area contributed by atoms with Crippen molar-refractivity contribution in [3.05, 3.63) is 98.8 Å². The van der Waals surface area contributed by atoms with Gasteiger partial charge in [0.05, 0.1) is 0 Å². The number of halogens is 2. The predicted octanol–water partition coefficient (Wildman–Crippen LogP) is 5.37. The van der Waals surface area contributed by atoms with Gasteiger partial charge in [-0.3, -0.25) is 0 Å². The van der Waals surface area contributed by atoms with Crippen molar-refractivity contribution >= 4 is 31.3 Å². The Labute approximate surface area is 303 Å². The fourth-order valence-electron chi connectivity index (χ4n) is 7.16. The molecule has 1 saturated heterocycles. The van der Waals surface area contributed by atoms with E-state index in [0.717, 1.165) is 22.1 Å². The van der Waals surface area contributed by atoms with Crippen molar-refractivity contribution in [2.24, 2.45) is 5.41 Å². The van der Waals surface area contributed by atoms with Gasteiger partial charge < -0.3 is 0 Å². The third-order valence-electron chi connectivity index (χ3n) is 9.49. The zero-order valence-corrected chi connectivity index (χ0v) is 31.0. The molecule has 2 aliphatic heterocycles. The number of carbonyl (C=O) groups excluding carboxylic acids is 2. The molecule has 1 fully saturated rings. The Morgan fingerprint density at radius 3 is 2.62 bits per heavy atom. The molecule has 276 valence electrons. The Bertz CT molecular complexity index is 2120. The SMILES string of the molecule is CCO[PH](O)(N[C@@H](C(=O)OC)C(C)(C)C)Oc1c2n(ccc1=O)N(C1c3ccccc3-c3sccc3-c3c1ccc(F)c3F)C1COCCN1C2=O. The number of rotatable bonds is 8. The number of methoxy groups -OCH3 is 1. The number of nitrogens with one attached hydrogen (secondary N) is 1. The van der Waals surface area contributed by atoms with Crippen molar-refractivity contribution in [2.75, 3.05) is 38.5 Å². The molecule has 52 heavy (non-hydrogen) atoms. The molecule has 2 unspecified atom stereocenters. The first-order valence-corrected chi connectivity index (χ1v) is 19.4. The number of esters is 1. The van der Waals surface area contributed by atoms with Gasteiger partial charge in [-0.05, 0) is 0 Å². The number of morpholine rings is 1. The first-order valence-electron chi connectivity index (χ1n) is 16.8. The molecule has 16 heteroatoms. The zero-order chi connectivity index (χ0) is 37.1. The van der Waals surface area contributed by atoms with Gasteiger partial charge in [0, 0.05) is 0 Å². The Morgan fingerprint density at radius 2 is 1.88 bits per heavy atom. The van der Waals surface area contributed by atoms with Gasteiger partial charge in [-0.25, -0.2) is 0 Å². The van der Waals surface area contributed by atoms with Crippen LogP contribution in [-0.4, -0.2) is 72.0 Å². The number of carbonyl (C=O) groups is 2. The van der Waals surface area contributed by atoms with E-state index in [-0.39, 0.29) is 37.6 Å². The normalized spacial score (nSPS) is 19.0. The fraction of sp³-hybridized carbons (Fsp3) is 0.361. The van der Waals surface area contributed by atoms with E-state index < -0.39 is 66.4 Å². The number of pyridine rings is 1.